The van der Waals surface area contributed by atoms with E-state index in [9.17, 15) is 13.2 Å². The normalized spacial score (nSPS) is 12.0. The SMILES string of the molecule is CCOC(=O)COc1ccc(-n2ccs/c2=N/S(=O)(=O)c2ccccc2)cc1. The highest BCUT2D eigenvalue weighted by molar-refractivity contribution is 7.90. The zero-order chi connectivity index (χ0) is 20.0. The van der Waals surface area contributed by atoms with E-state index < -0.39 is 16.0 Å². The summed E-state index contributed by atoms with van der Waals surface area (Å²) in [6.45, 7) is 1.86. The van der Waals surface area contributed by atoms with E-state index in [4.69, 9.17) is 9.47 Å². The van der Waals surface area contributed by atoms with Gasteiger partial charge in [0.1, 0.15) is 5.75 Å². The van der Waals surface area contributed by atoms with E-state index in [-0.39, 0.29) is 11.5 Å². The molecule has 0 aliphatic heterocycles. The lowest BCUT2D eigenvalue weighted by Gasteiger charge is -2.07. The van der Waals surface area contributed by atoms with Gasteiger partial charge in [0, 0.05) is 17.3 Å². The van der Waals surface area contributed by atoms with E-state index in [0.29, 0.717) is 22.8 Å². The van der Waals surface area contributed by atoms with E-state index in [1.807, 2.05) is 0 Å². The summed E-state index contributed by atoms with van der Waals surface area (Å²) in [5.74, 6) is 0.0639. The molecule has 0 fully saturated rings. The Morgan fingerprint density at radius 1 is 1.11 bits per heavy atom. The van der Waals surface area contributed by atoms with Crippen LogP contribution in [0.4, 0.5) is 0 Å². The number of esters is 1. The Balaban J connectivity index is 1.83. The Kier molecular flexibility index (Phi) is 6.27. The van der Waals surface area contributed by atoms with Gasteiger partial charge in [-0.1, -0.05) is 18.2 Å². The Labute approximate surface area is 166 Å². The number of carbonyl (C=O) groups excluding carboxylic acids is 1. The van der Waals surface area contributed by atoms with Crippen LogP contribution < -0.4 is 9.54 Å². The molecule has 146 valence electrons. The van der Waals surface area contributed by atoms with Crippen molar-refractivity contribution in [3.8, 4) is 11.4 Å². The Morgan fingerprint density at radius 2 is 1.82 bits per heavy atom. The molecule has 3 aromatic rings. The summed E-state index contributed by atoms with van der Waals surface area (Å²) in [6, 6.07) is 14.9. The second-order valence-corrected chi connectivity index (χ2v) is 8.00. The van der Waals surface area contributed by atoms with Crippen LogP contribution in [0.1, 0.15) is 6.92 Å². The fraction of sp³-hybridized carbons (Fsp3) is 0.158. The van der Waals surface area contributed by atoms with Gasteiger partial charge in [-0.25, -0.2) is 4.79 Å². The van der Waals surface area contributed by atoms with E-state index in [0.717, 1.165) is 0 Å². The molecule has 0 saturated heterocycles. The van der Waals surface area contributed by atoms with Crippen molar-refractivity contribution in [1.82, 2.24) is 4.57 Å². The van der Waals surface area contributed by atoms with Gasteiger partial charge < -0.3 is 9.47 Å². The molecule has 0 N–H and O–H groups in total. The molecule has 0 amide bonds. The maximum absolute atomic E-state index is 12.5. The zero-order valence-electron chi connectivity index (χ0n) is 15.0. The molecule has 7 nitrogen and oxygen atoms in total. The number of sulfonamides is 1. The minimum atomic E-state index is -3.81. The summed E-state index contributed by atoms with van der Waals surface area (Å²) in [4.78, 5) is 11.8. The number of benzene rings is 2. The molecule has 0 saturated carbocycles. The van der Waals surface area contributed by atoms with E-state index in [1.165, 1.54) is 23.5 Å². The van der Waals surface area contributed by atoms with Gasteiger partial charge in [0.2, 0.25) is 4.80 Å². The molecule has 0 unspecified atom stereocenters. The predicted molar refractivity (Wildman–Crippen MR) is 105 cm³/mol. The van der Waals surface area contributed by atoms with Gasteiger partial charge in [-0.05, 0) is 43.3 Å². The third-order valence-electron chi connectivity index (χ3n) is 3.61. The molecule has 0 radical (unpaired) electrons. The zero-order valence-corrected chi connectivity index (χ0v) is 16.7. The highest BCUT2D eigenvalue weighted by atomic mass is 32.2. The fourth-order valence-corrected chi connectivity index (χ4v) is 4.28. The fourth-order valence-electron chi connectivity index (χ4n) is 2.33. The number of thiazole rings is 1. The lowest BCUT2D eigenvalue weighted by Crippen LogP contribution is -2.15. The molecular weight excluding hydrogens is 400 g/mol. The number of nitrogens with zero attached hydrogens (tertiary/aromatic N) is 2. The molecule has 0 aliphatic rings. The van der Waals surface area contributed by atoms with Crippen LogP contribution in [0.2, 0.25) is 0 Å². The average molecular weight is 418 g/mol. The van der Waals surface area contributed by atoms with Crippen LogP contribution in [0.5, 0.6) is 5.75 Å². The highest BCUT2D eigenvalue weighted by Crippen LogP contribution is 2.16. The van der Waals surface area contributed by atoms with Gasteiger partial charge in [-0.15, -0.1) is 15.7 Å². The highest BCUT2D eigenvalue weighted by Gasteiger charge is 2.13. The quantitative estimate of drug-likeness (QED) is 0.551. The summed E-state index contributed by atoms with van der Waals surface area (Å²) in [7, 11) is -3.81. The van der Waals surface area contributed by atoms with Crippen molar-refractivity contribution in [3.63, 3.8) is 0 Å². The maximum atomic E-state index is 12.5. The number of aromatic nitrogens is 1. The minimum absolute atomic E-state index is 0.137. The lowest BCUT2D eigenvalue weighted by atomic mass is 10.3. The molecule has 1 aromatic heterocycles. The molecular formula is C19H18N2O5S2. The molecule has 3 rings (SSSR count). The van der Waals surface area contributed by atoms with Crippen LogP contribution in [0.15, 0.2) is 75.5 Å². The lowest BCUT2D eigenvalue weighted by molar-refractivity contribution is -0.145. The van der Waals surface area contributed by atoms with Gasteiger partial charge in [-0.2, -0.15) is 8.42 Å². The van der Waals surface area contributed by atoms with Crippen molar-refractivity contribution < 1.29 is 22.7 Å². The monoisotopic (exact) mass is 418 g/mol. The Hall–Kier alpha value is -2.91. The van der Waals surface area contributed by atoms with Gasteiger partial charge in [0.15, 0.2) is 6.61 Å². The summed E-state index contributed by atoms with van der Waals surface area (Å²) in [5, 5.41) is 1.75. The van der Waals surface area contributed by atoms with Crippen LogP contribution in [0, 0.1) is 0 Å². The van der Waals surface area contributed by atoms with Crippen molar-refractivity contribution in [2.75, 3.05) is 13.2 Å². The smallest absolute Gasteiger partial charge is 0.344 e. The van der Waals surface area contributed by atoms with E-state index >= 15 is 0 Å². The number of carbonyl (C=O) groups is 1. The van der Waals surface area contributed by atoms with Crippen molar-refractivity contribution in [1.29, 1.82) is 0 Å². The average Bonchev–Trinajstić information content (AvgIpc) is 3.15. The van der Waals surface area contributed by atoms with Crippen molar-refractivity contribution >= 4 is 27.3 Å². The van der Waals surface area contributed by atoms with Crippen LogP contribution in [-0.4, -0.2) is 32.2 Å². The molecule has 1 heterocycles. The van der Waals surface area contributed by atoms with Crippen LogP contribution >= 0.6 is 11.3 Å². The predicted octanol–water partition coefficient (Wildman–Crippen LogP) is 2.77. The molecule has 28 heavy (non-hydrogen) atoms. The maximum Gasteiger partial charge on any atom is 0.344 e. The molecule has 9 heteroatoms. The minimum Gasteiger partial charge on any atom is -0.482 e. The number of rotatable bonds is 7. The van der Waals surface area contributed by atoms with Gasteiger partial charge >= 0.3 is 5.97 Å². The van der Waals surface area contributed by atoms with Crippen LogP contribution in [0.25, 0.3) is 5.69 Å². The number of hydrogen-bond donors (Lipinski definition) is 0. The molecule has 0 spiro atoms. The molecule has 2 aromatic carbocycles. The van der Waals surface area contributed by atoms with Crippen LogP contribution in [-0.2, 0) is 19.6 Å². The topological polar surface area (TPSA) is 87.0 Å². The first-order chi connectivity index (χ1) is 13.5. The first kappa shape index (κ1) is 19.8. The van der Waals surface area contributed by atoms with Crippen molar-refractivity contribution in [3.05, 3.63) is 71.0 Å². The van der Waals surface area contributed by atoms with Gasteiger partial charge in [0.25, 0.3) is 10.0 Å². The second kappa shape index (κ2) is 8.85. The third kappa shape index (κ3) is 4.87. The van der Waals surface area contributed by atoms with Gasteiger partial charge in [-0.3, -0.25) is 4.57 Å². The number of hydrogen-bond acceptors (Lipinski definition) is 6. The molecule has 0 atom stereocenters. The molecule has 0 aliphatic carbocycles. The van der Waals surface area contributed by atoms with E-state index in [1.54, 1.807) is 65.5 Å². The third-order valence-corrected chi connectivity index (χ3v) is 5.76. The Bertz CT molecular complexity index is 1100. The van der Waals surface area contributed by atoms with Crippen molar-refractivity contribution in [2.45, 2.75) is 11.8 Å². The summed E-state index contributed by atoms with van der Waals surface area (Å²) >= 11 is 1.21. The summed E-state index contributed by atoms with van der Waals surface area (Å²) in [5.41, 5.74) is 0.715. The van der Waals surface area contributed by atoms with Crippen molar-refractivity contribution in [2.24, 2.45) is 4.40 Å². The summed E-state index contributed by atoms with van der Waals surface area (Å²) in [6.07, 6.45) is 1.73. The van der Waals surface area contributed by atoms with E-state index in [2.05, 4.69) is 4.40 Å². The summed E-state index contributed by atoms with van der Waals surface area (Å²) < 4.78 is 40.8. The van der Waals surface area contributed by atoms with Gasteiger partial charge in [0.05, 0.1) is 11.5 Å². The standard InChI is InChI=1S/C19H18N2O5S2/c1-2-25-18(22)14-26-16-10-8-15(9-11-16)21-12-13-27-19(21)20-28(23,24)17-6-4-3-5-7-17/h3-13H,2,14H2,1H3/b20-19+. The molecule has 0 bridgehead atoms. The Morgan fingerprint density at radius 3 is 2.50 bits per heavy atom. The van der Waals surface area contributed by atoms with Crippen LogP contribution in [0.3, 0.4) is 0 Å². The second-order valence-electron chi connectivity index (χ2n) is 5.52. The largest absolute Gasteiger partial charge is 0.482 e. The first-order valence-electron chi connectivity index (χ1n) is 8.40. The first-order valence-corrected chi connectivity index (χ1v) is 10.7. The number of ether oxygens (including phenoxy) is 2.